The van der Waals surface area contributed by atoms with Crippen LogP contribution in [0.1, 0.15) is 49.9 Å². The standard InChI is InChI=1S/C19H23NO/c1-4-14-8-9-18-15(11-14)16(12-19(2,3)13-21-18)17-7-5-6-10-20-17/h5-11,16H,4,12-13H2,1-3H3. The van der Waals surface area contributed by atoms with Crippen LogP contribution < -0.4 is 4.74 Å². The zero-order valence-corrected chi connectivity index (χ0v) is 13.1. The average molecular weight is 281 g/mol. The van der Waals surface area contributed by atoms with Gasteiger partial charge >= 0.3 is 0 Å². The molecule has 1 atom stereocenters. The van der Waals surface area contributed by atoms with Crippen molar-refractivity contribution in [2.24, 2.45) is 5.41 Å². The van der Waals surface area contributed by atoms with Gasteiger partial charge in [0, 0.05) is 23.4 Å². The Hall–Kier alpha value is -1.83. The highest BCUT2D eigenvalue weighted by atomic mass is 16.5. The quantitative estimate of drug-likeness (QED) is 0.803. The first-order chi connectivity index (χ1) is 10.1. The second-order valence-electron chi connectivity index (χ2n) is 6.69. The number of benzene rings is 1. The molecular formula is C19H23NO. The van der Waals surface area contributed by atoms with Crippen LogP contribution in [0.25, 0.3) is 0 Å². The van der Waals surface area contributed by atoms with Gasteiger partial charge in [-0.2, -0.15) is 0 Å². The summed E-state index contributed by atoms with van der Waals surface area (Å²) < 4.78 is 6.09. The maximum atomic E-state index is 6.09. The topological polar surface area (TPSA) is 22.1 Å². The van der Waals surface area contributed by atoms with Crippen molar-refractivity contribution in [1.29, 1.82) is 0 Å². The summed E-state index contributed by atoms with van der Waals surface area (Å²) in [6, 6.07) is 12.8. The van der Waals surface area contributed by atoms with Crippen LogP contribution in [0.5, 0.6) is 5.75 Å². The van der Waals surface area contributed by atoms with Crippen molar-refractivity contribution >= 4 is 0 Å². The lowest BCUT2D eigenvalue weighted by Crippen LogP contribution is -2.21. The number of fused-ring (bicyclic) bond motifs is 1. The molecule has 2 aromatic rings. The maximum absolute atomic E-state index is 6.09. The van der Waals surface area contributed by atoms with E-state index < -0.39 is 0 Å². The number of hydrogen-bond donors (Lipinski definition) is 0. The van der Waals surface area contributed by atoms with Gasteiger partial charge in [-0.25, -0.2) is 0 Å². The molecule has 1 aromatic carbocycles. The number of hydrogen-bond acceptors (Lipinski definition) is 2. The Labute approximate surface area is 127 Å². The van der Waals surface area contributed by atoms with Gasteiger partial charge in [-0.05, 0) is 42.0 Å². The third-order valence-corrected chi connectivity index (χ3v) is 4.28. The van der Waals surface area contributed by atoms with Gasteiger partial charge in [0.25, 0.3) is 0 Å². The SMILES string of the molecule is CCc1ccc2c(c1)C(c1ccccn1)CC(C)(C)CO2. The smallest absolute Gasteiger partial charge is 0.123 e. The van der Waals surface area contributed by atoms with Gasteiger partial charge in [0.2, 0.25) is 0 Å². The zero-order chi connectivity index (χ0) is 14.9. The lowest BCUT2D eigenvalue weighted by Gasteiger charge is -2.25. The van der Waals surface area contributed by atoms with Gasteiger partial charge in [0.15, 0.2) is 0 Å². The number of pyridine rings is 1. The van der Waals surface area contributed by atoms with Crippen molar-refractivity contribution in [3.05, 3.63) is 59.4 Å². The van der Waals surface area contributed by atoms with Crippen LogP contribution in [0, 0.1) is 5.41 Å². The third kappa shape index (κ3) is 2.94. The molecule has 0 amide bonds. The van der Waals surface area contributed by atoms with Gasteiger partial charge in [0.1, 0.15) is 5.75 Å². The lowest BCUT2D eigenvalue weighted by atomic mass is 9.79. The third-order valence-electron chi connectivity index (χ3n) is 4.28. The molecule has 1 aliphatic rings. The van der Waals surface area contributed by atoms with E-state index in [0.29, 0.717) is 5.92 Å². The monoisotopic (exact) mass is 281 g/mol. The summed E-state index contributed by atoms with van der Waals surface area (Å²) in [6.07, 6.45) is 3.99. The molecule has 1 aliphatic heterocycles. The van der Waals surface area contributed by atoms with Crippen molar-refractivity contribution in [2.75, 3.05) is 6.61 Å². The normalized spacial score (nSPS) is 20.2. The van der Waals surface area contributed by atoms with E-state index in [1.165, 1.54) is 11.1 Å². The molecular weight excluding hydrogens is 258 g/mol. The van der Waals surface area contributed by atoms with Crippen LogP contribution in [0.4, 0.5) is 0 Å². The number of ether oxygens (including phenoxy) is 1. The van der Waals surface area contributed by atoms with Gasteiger partial charge in [-0.15, -0.1) is 0 Å². The molecule has 0 N–H and O–H groups in total. The number of aryl methyl sites for hydroxylation is 1. The molecule has 0 saturated heterocycles. The number of aromatic nitrogens is 1. The highest BCUT2D eigenvalue weighted by Gasteiger charge is 2.32. The summed E-state index contributed by atoms with van der Waals surface area (Å²) in [5.41, 5.74) is 3.94. The summed E-state index contributed by atoms with van der Waals surface area (Å²) in [6.45, 7) is 7.50. The molecule has 0 spiro atoms. The minimum atomic E-state index is 0.146. The predicted octanol–water partition coefficient (Wildman–Crippen LogP) is 4.58. The van der Waals surface area contributed by atoms with E-state index in [1.807, 2.05) is 12.3 Å². The maximum Gasteiger partial charge on any atom is 0.123 e. The van der Waals surface area contributed by atoms with Crippen LogP contribution >= 0.6 is 0 Å². The molecule has 2 heterocycles. The van der Waals surface area contributed by atoms with E-state index in [2.05, 4.69) is 56.1 Å². The summed E-state index contributed by atoms with van der Waals surface area (Å²) in [4.78, 5) is 4.61. The molecule has 0 bridgehead atoms. The molecule has 2 heteroatoms. The number of nitrogens with zero attached hydrogens (tertiary/aromatic N) is 1. The first kappa shape index (κ1) is 14.1. The largest absolute Gasteiger partial charge is 0.493 e. The van der Waals surface area contributed by atoms with Crippen molar-refractivity contribution < 1.29 is 4.74 Å². The van der Waals surface area contributed by atoms with E-state index in [4.69, 9.17) is 4.74 Å². The van der Waals surface area contributed by atoms with Gasteiger partial charge in [-0.3, -0.25) is 4.98 Å². The summed E-state index contributed by atoms with van der Waals surface area (Å²) in [5, 5.41) is 0. The van der Waals surface area contributed by atoms with Gasteiger partial charge in [0.05, 0.1) is 6.61 Å². The van der Waals surface area contributed by atoms with E-state index in [-0.39, 0.29) is 5.41 Å². The van der Waals surface area contributed by atoms with Crippen LogP contribution in [0.15, 0.2) is 42.6 Å². The highest BCUT2D eigenvalue weighted by molar-refractivity contribution is 5.44. The molecule has 21 heavy (non-hydrogen) atoms. The first-order valence-electron chi connectivity index (χ1n) is 7.75. The molecule has 0 aliphatic carbocycles. The van der Waals surface area contributed by atoms with Crippen LogP contribution in [0.3, 0.4) is 0 Å². The molecule has 1 unspecified atom stereocenters. The fraction of sp³-hybridized carbons (Fsp3) is 0.421. The molecule has 0 saturated carbocycles. The Kier molecular flexibility index (Phi) is 3.71. The number of rotatable bonds is 2. The first-order valence-corrected chi connectivity index (χ1v) is 7.75. The van der Waals surface area contributed by atoms with Gasteiger partial charge < -0.3 is 4.74 Å². The molecule has 2 nitrogen and oxygen atoms in total. The fourth-order valence-corrected chi connectivity index (χ4v) is 3.06. The predicted molar refractivity (Wildman–Crippen MR) is 85.8 cm³/mol. The molecule has 1 aromatic heterocycles. The van der Waals surface area contributed by atoms with E-state index in [0.717, 1.165) is 30.9 Å². The van der Waals surface area contributed by atoms with Crippen molar-refractivity contribution in [3.63, 3.8) is 0 Å². The Morgan fingerprint density at radius 3 is 2.81 bits per heavy atom. The minimum absolute atomic E-state index is 0.146. The lowest BCUT2D eigenvalue weighted by molar-refractivity contribution is 0.178. The minimum Gasteiger partial charge on any atom is -0.493 e. The Morgan fingerprint density at radius 1 is 1.24 bits per heavy atom. The Balaban J connectivity index is 2.11. The van der Waals surface area contributed by atoms with Crippen LogP contribution in [-0.4, -0.2) is 11.6 Å². The molecule has 3 rings (SSSR count). The average Bonchev–Trinajstić information content (AvgIpc) is 2.64. The molecule has 0 fully saturated rings. The van der Waals surface area contributed by atoms with Gasteiger partial charge in [-0.1, -0.05) is 39.0 Å². The van der Waals surface area contributed by atoms with Crippen LogP contribution in [-0.2, 0) is 6.42 Å². The second kappa shape index (κ2) is 5.51. The van der Waals surface area contributed by atoms with Crippen molar-refractivity contribution in [1.82, 2.24) is 4.98 Å². The fourth-order valence-electron chi connectivity index (χ4n) is 3.06. The van der Waals surface area contributed by atoms with Crippen molar-refractivity contribution in [2.45, 2.75) is 39.5 Å². The zero-order valence-electron chi connectivity index (χ0n) is 13.1. The Bertz CT molecular complexity index is 619. The van der Waals surface area contributed by atoms with Crippen molar-refractivity contribution in [3.8, 4) is 5.75 Å². The van der Waals surface area contributed by atoms with Crippen LogP contribution in [0.2, 0.25) is 0 Å². The van der Waals surface area contributed by atoms with E-state index in [9.17, 15) is 0 Å². The highest BCUT2D eigenvalue weighted by Crippen LogP contribution is 2.43. The second-order valence-corrected chi connectivity index (χ2v) is 6.69. The van der Waals surface area contributed by atoms with E-state index >= 15 is 0 Å². The molecule has 110 valence electrons. The molecule has 0 radical (unpaired) electrons. The summed E-state index contributed by atoms with van der Waals surface area (Å²) in [7, 11) is 0. The Morgan fingerprint density at radius 2 is 2.10 bits per heavy atom. The van der Waals surface area contributed by atoms with E-state index in [1.54, 1.807) is 0 Å². The summed E-state index contributed by atoms with van der Waals surface area (Å²) >= 11 is 0. The summed E-state index contributed by atoms with van der Waals surface area (Å²) in [5.74, 6) is 1.33.